The number of halogens is 3. The average Bonchev–Trinajstić information content (AvgIpc) is 2.24. The van der Waals surface area contributed by atoms with Crippen LogP contribution in [0.5, 0.6) is 0 Å². The number of hydrazine groups is 1. The van der Waals surface area contributed by atoms with Crippen LogP contribution in [0.15, 0.2) is 18.2 Å². The van der Waals surface area contributed by atoms with Gasteiger partial charge in [-0.2, -0.15) is 13.2 Å². The standard InChI is InChI=1S/C14H21F3N2/c1-10-6-11(2)8-12(7-10)9-13(19-18)4-3-5-14(15,16)17/h6-8,13,19H,3-5,9,18H2,1-2H3. The van der Waals surface area contributed by atoms with E-state index in [-0.39, 0.29) is 12.5 Å². The van der Waals surface area contributed by atoms with Gasteiger partial charge in [-0.25, -0.2) is 0 Å². The molecule has 0 heterocycles. The highest BCUT2D eigenvalue weighted by molar-refractivity contribution is 5.29. The molecule has 0 fully saturated rings. The predicted molar refractivity (Wildman–Crippen MR) is 70.6 cm³/mol. The molecule has 19 heavy (non-hydrogen) atoms. The summed E-state index contributed by atoms with van der Waals surface area (Å²) in [5.74, 6) is 5.42. The van der Waals surface area contributed by atoms with Gasteiger partial charge in [0.15, 0.2) is 0 Å². The van der Waals surface area contributed by atoms with Crippen LogP contribution < -0.4 is 11.3 Å². The number of hydrogen-bond donors (Lipinski definition) is 2. The van der Waals surface area contributed by atoms with E-state index in [0.29, 0.717) is 12.8 Å². The zero-order chi connectivity index (χ0) is 14.5. The van der Waals surface area contributed by atoms with E-state index < -0.39 is 12.6 Å². The van der Waals surface area contributed by atoms with E-state index in [9.17, 15) is 13.2 Å². The smallest absolute Gasteiger partial charge is 0.271 e. The first-order valence-corrected chi connectivity index (χ1v) is 6.40. The van der Waals surface area contributed by atoms with Crippen LogP contribution in [0.2, 0.25) is 0 Å². The maximum absolute atomic E-state index is 12.1. The Bertz CT molecular complexity index is 382. The second-order valence-corrected chi connectivity index (χ2v) is 5.07. The van der Waals surface area contributed by atoms with Crippen LogP contribution in [-0.4, -0.2) is 12.2 Å². The van der Waals surface area contributed by atoms with Crippen LogP contribution in [0.25, 0.3) is 0 Å². The summed E-state index contributed by atoms with van der Waals surface area (Å²) in [4.78, 5) is 0. The third-order valence-corrected chi connectivity index (χ3v) is 3.01. The van der Waals surface area contributed by atoms with E-state index >= 15 is 0 Å². The summed E-state index contributed by atoms with van der Waals surface area (Å²) < 4.78 is 36.3. The van der Waals surface area contributed by atoms with Gasteiger partial charge >= 0.3 is 6.18 Å². The number of aryl methyl sites for hydroxylation is 2. The van der Waals surface area contributed by atoms with E-state index in [0.717, 1.165) is 16.7 Å². The molecule has 0 aliphatic rings. The first-order valence-electron chi connectivity index (χ1n) is 6.40. The van der Waals surface area contributed by atoms with Crippen LogP contribution in [0.1, 0.15) is 36.0 Å². The average molecular weight is 274 g/mol. The molecule has 1 atom stereocenters. The van der Waals surface area contributed by atoms with Crippen molar-refractivity contribution in [3.63, 3.8) is 0 Å². The summed E-state index contributed by atoms with van der Waals surface area (Å²) in [7, 11) is 0. The Balaban J connectivity index is 2.52. The summed E-state index contributed by atoms with van der Waals surface area (Å²) in [6.07, 6.45) is -3.67. The number of nitrogens with two attached hydrogens (primary N) is 1. The molecule has 0 aliphatic carbocycles. The Morgan fingerprint density at radius 2 is 1.74 bits per heavy atom. The van der Waals surface area contributed by atoms with E-state index in [4.69, 9.17) is 5.84 Å². The van der Waals surface area contributed by atoms with Crippen molar-refractivity contribution in [2.75, 3.05) is 0 Å². The van der Waals surface area contributed by atoms with Crippen LogP contribution in [0.3, 0.4) is 0 Å². The molecule has 2 nitrogen and oxygen atoms in total. The van der Waals surface area contributed by atoms with Crippen molar-refractivity contribution in [2.24, 2.45) is 5.84 Å². The van der Waals surface area contributed by atoms with E-state index in [1.165, 1.54) is 0 Å². The van der Waals surface area contributed by atoms with Crippen LogP contribution in [-0.2, 0) is 6.42 Å². The van der Waals surface area contributed by atoms with Gasteiger partial charge in [-0.1, -0.05) is 29.3 Å². The fourth-order valence-electron chi connectivity index (χ4n) is 2.26. The first-order chi connectivity index (χ1) is 8.80. The fourth-order valence-corrected chi connectivity index (χ4v) is 2.26. The minimum atomic E-state index is -4.08. The van der Waals surface area contributed by atoms with Crippen molar-refractivity contribution < 1.29 is 13.2 Å². The van der Waals surface area contributed by atoms with Gasteiger partial charge in [0.1, 0.15) is 0 Å². The molecule has 1 unspecified atom stereocenters. The van der Waals surface area contributed by atoms with Crippen molar-refractivity contribution in [3.8, 4) is 0 Å². The highest BCUT2D eigenvalue weighted by Gasteiger charge is 2.26. The molecule has 1 aromatic carbocycles. The predicted octanol–water partition coefficient (Wildman–Crippen LogP) is 3.41. The van der Waals surface area contributed by atoms with Crippen molar-refractivity contribution in [3.05, 3.63) is 34.9 Å². The third-order valence-electron chi connectivity index (χ3n) is 3.01. The second-order valence-electron chi connectivity index (χ2n) is 5.07. The van der Waals surface area contributed by atoms with Crippen LogP contribution >= 0.6 is 0 Å². The molecule has 1 aromatic rings. The molecule has 108 valence electrons. The number of alkyl halides is 3. The first kappa shape index (κ1) is 16.0. The molecule has 1 rings (SSSR count). The number of rotatable bonds is 6. The maximum Gasteiger partial charge on any atom is 0.389 e. The van der Waals surface area contributed by atoms with Gasteiger partial charge in [-0.15, -0.1) is 0 Å². The normalized spacial score (nSPS) is 13.6. The molecule has 0 spiro atoms. The lowest BCUT2D eigenvalue weighted by Crippen LogP contribution is -2.37. The molecule has 0 saturated carbocycles. The SMILES string of the molecule is Cc1cc(C)cc(CC(CCCC(F)(F)F)NN)c1. The molecule has 0 bridgehead atoms. The summed E-state index contributed by atoms with van der Waals surface area (Å²) >= 11 is 0. The molecule has 0 saturated heterocycles. The van der Waals surface area contributed by atoms with Gasteiger partial charge in [-0.05, 0) is 38.7 Å². The van der Waals surface area contributed by atoms with Gasteiger partial charge in [0.25, 0.3) is 0 Å². The summed E-state index contributed by atoms with van der Waals surface area (Å²) in [6, 6.07) is 6.03. The highest BCUT2D eigenvalue weighted by Crippen LogP contribution is 2.23. The van der Waals surface area contributed by atoms with Crippen molar-refractivity contribution in [1.29, 1.82) is 0 Å². The Hall–Kier alpha value is -1.07. The van der Waals surface area contributed by atoms with Crippen LogP contribution in [0, 0.1) is 13.8 Å². The summed E-state index contributed by atoms with van der Waals surface area (Å²) in [5, 5.41) is 0. The zero-order valence-corrected chi connectivity index (χ0v) is 11.3. The van der Waals surface area contributed by atoms with E-state index in [1.807, 2.05) is 26.0 Å². The molecule has 3 N–H and O–H groups in total. The largest absolute Gasteiger partial charge is 0.389 e. The Morgan fingerprint density at radius 3 is 2.21 bits per heavy atom. The van der Waals surface area contributed by atoms with Crippen molar-refractivity contribution in [2.45, 2.75) is 51.7 Å². The monoisotopic (exact) mass is 274 g/mol. The van der Waals surface area contributed by atoms with E-state index in [2.05, 4.69) is 11.5 Å². The van der Waals surface area contributed by atoms with Gasteiger partial charge in [0.05, 0.1) is 0 Å². The zero-order valence-electron chi connectivity index (χ0n) is 11.3. The Morgan fingerprint density at radius 1 is 1.16 bits per heavy atom. The van der Waals surface area contributed by atoms with Gasteiger partial charge in [0, 0.05) is 12.5 Å². The lowest BCUT2D eigenvalue weighted by Gasteiger charge is -2.17. The minimum Gasteiger partial charge on any atom is -0.271 e. The quantitative estimate of drug-likeness (QED) is 0.616. The second kappa shape index (κ2) is 6.91. The fraction of sp³-hybridized carbons (Fsp3) is 0.571. The number of benzene rings is 1. The van der Waals surface area contributed by atoms with Gasteiger partial charge < -0.3 is 0 Å². The summed E-state index contributed by atoms with van der Waals surface area (Å²) in [5.41, 5.74) is 6.02. The lowest BCUT2D eigenvalue weighted by molar-refractivity contribution is -0.135. The molecular weight excluding hydrogens is 253 g/mol. The number of nitrogens with one attached hydrogen (secondary N) is 1. The summed E-state index contributed by atoms with van der Waals surface area (Å²) in [6.45, 7) is 4.01. The maximum atomic E-state index is 12.1. The minimum absolute atomic E-state index is 0.100. The van der Waals surface area contributed by atoms with E-state index in [1.54, 1.807) is 0 Å². The molecular formula is C14H21F3N2. The Labute approximate surface area is 112 Å². The van der Waals surface area contributed by atoms with Crippen molar-refractivity contribution in [1.82, 2.24) is 5.43 Å². The van der Waals surface area contributed by atoms with Gasteiger partial charge in [0.2, 0.25) is 0 Å². The highest BCUT2D eigenvalue weighted by atomic mass is 19.4. The van der Waals surface area contributed by atoms with Gasteiger partial charge in [-0.3, -0.25) is 11.3 Å². The lowest BCUT2D eigenvalue weighted by atomic mass is 9.98. The topological polar surface area (TPSA) is 38.0 Å². The molecule has 0 amide bonds. The molecule has 0 aliphatic heterocycles. The van der Waals surface area contributed by atoms with Crippen LogP contribution in [0.4, 0.5) is 13.2 Å². The molecule has 0 radical (unpaired) electrons. The molecule has 5 heteroatoms. The molecule has 0 aromatic heterocycles. The van der Waals surface area contributed by atoms with Crippen molar-refractivity contribution >= 4 is 0 Å². The number of hydrogen-bond acceptors (Lipinski definition) is 2. The third kappa shape index (κ3) is 6.59. The Kier molecular flexibility index (Phi) is 5.82.